The molecule has 1 aliphatic heterocycles. The molecule has 0 radical (unpaired) electrons. The lowest BCUT2D eigenvalue weighted by Gasteiger charge is -2.25. The predicted octanol–water partition coefficient (Wildman–Crippen LogP) is 4.71. The zero-order valence-electron chi connectivity index (χ0n) is 16.1. The van der Waals surface area contributed by atoms with E-state index in [1.165, 1.54) is 23.9 Å². The maximum atomic E-state index is 13.1. The van der Waals surface area contributed by atoms with Crippen molar-refractivity contribution in [1.82, 2.24) is 0 Å². The van der Waals surface area contributed by atoms with Crippen LogP contribution in [0.15, 0.2) is 77.7 Å². The molecule has 1 heterocycles. The van der Waals surface area contributed by atoms with E-state index >= 15 is 0 Å². The standard InChI is InChI=1S/C22H19FN2O3S2/c1-15-4-2-7-19(12-15)25-21(26)14-29-22(25)16-5-3-6-18(13-16)24-30(27,28)20-10-8-17(23)9-11-20/h2-13,22,24H,14H2,1H3/t22-/m1/s1. The zero-order valence-corrected chi connectivity index (χ0v) is 17.7. The summed E-state index contributed by atoms with van der Waals surface area (Å²) in [6.07, 6.45) is 0. The van der Waals surface area contributed by atoms with Gasteiger partial charge in [0.1, 0.15) is 11.2 Å². The van der Waals surface area contributed by atoms with Gasteiger partial charge in [-0.1, -0.05) is 24.3 Å². The van der Waals surface area contributed by atoms with E-state index in [-0.39, 0.29) is 16.2 Å². The van der Waals surface area contributed by atoms with Crippen LogP contribution in [0.4, 0.5) is 15.8 Å². The number of amides is 1. The van der Waals surface area contributed by atoms with Gasteiger partial charge in [0.25, 0.3) is 10.0 Å². The SMILES string of the molecule is Cc1cccc(N2C(=O)CS[C@@H]2c2cccc(NS(=O)(=O)c3ccc(F)cc3)c2)c1. The summed E-state index contributed by atoms with van der Waals surface area (Å²) in [6.45, 7) is 1.97. The van der Waals surface area contributed by atoms with Gasteiger partial charge in [-0.15, -0.1) is 11.8 Å². The van der Waals surface area contributed by atoms with E-state index in [9.17, 15) is 17.6 Å². The second-order valence-electron chi connectivity index (χ2n) is 6.95. The fourth-order valence-corrected chi connectivity index (χ4v) is 5.53. The van der Waals surface area contributed by atoms with Gasteiger partial charge < -0.3 is 0 Å². The lowest BCUT2D eigenvalue weighted by Crippen LogP contribution is -2.27. The Kier molecular flexibility index (Phi) is 5.53. The maximum absolute atomic E-state index is 13.1. The van der Waals surface area contributed by atoms with Crippen molar-refractivity contribution >= 4 is 39.1 Å². The lowest BCUT2D eigenvalue weighted by atomic mass is 10.1. The van der Waals surface area contributed by atoms with E-state index in [1.807, 2.05) is 37.3 Å². The fraction of sp³-hybridized carbons (Fsp3) is 0.136. The number of nitrogens with zero attached hydrogens (tertiary/aromatic N) is 1. The molecule has 0 saturated carbocycles. The van der Waals surface area contributed by atoms with Crippen molar-refractivity contribution in [2.24, 2.45) is 0 Å². The average Bonchev–Trinajstić information content (AvgIpc) is 3.10. The Morgan fingerprint density at radius 1 is 1.03 bits per heavy atom. The largest absolute Gasteiger partial charge is 0.295 e. The molecule has 1 N–H and O–H groups in total. The molecule has 0 unspecified atom stereocenters. The smallest absolute Gasteiger partial charge is 0.261 e. The quantitative estimate of drug-likeness (QED) is 0.621. The number of benzene rings is 3. The number of anilines is 2. The Bertz CT molecular complexity index is 1200. The van der Waals surface area contributed by atoms with Crippen LogP contribution in [-0.2, 0) is 14.8 Å². The third kappa shape index (κ3) is 4.20. The molecule has 8 heteroatoms. The van der Waals surface area contributed by atoms with Gasteiger partial charge in [0.05, 0.1) is 10.6 Å². The molecule has 3 aromatic rings. The summed E-state index contributed by atoms with van der Waals surface area (Å²) >= 11 is 1.49. The van der Waals surface area contributed by atoms with Crippen LogP contribution in [0.3, 0.4) is 0 Å². The normalized spacial score (nSPS) is 16.7. The first kappa shape index (κ1) is 20.4. The average molecular weight is 443 g/mol. The number of carbonyl (C=O) groups is 1. The monoisotopic (exact) mass is 442 g/mol. The molecule has 154 valence electrons. The molecular weight excluding hydrogens is 423 g/mol. The van der Waals surface area contributed by atoms with Gasteiger partial charge in [0.2, 0.25) is 5.91 Å². The third-order valence-corrected chi connectivity index (χ3v) is 7.31. The minimum Gasteiger partial charge on any atom is -0.295 e. The van der Waals surface area contributed by atoms with Crippen LogP contribution in [0.1, 0.15) is 16.5 Å². The molecule has 4 rings (SSSR count). The second kappa shape index (κ2) is 8.12. The Balaban J connectivity index is 1.63. The highest BCUT2D eigenvalue weighted by molar-refractivity contribution is 8.00. The Hall–Kier alpha value is -2.84. The highest BCUT2D eigenvalue weighted by atomic mass is 32.2. The first-order chi connectivity index (χ1) is 14.3. The molecular formula is C22H19FN2O3S2. The molecule has 0 bridgehead atoms. The van der Waals surface area contributed by atoms with Gasteiger partial charge in [0, 0.05) is 11.4 Å². The Labute approximate surface area is 179 Å². The molecule has 0 aliphatic carbocycles. The number of carbonyl (C=O) groups excluding carboxylic acids is 1. The second-order valence-corrected chi connectivity index (χ2v) is 9.70. The highest BCUT2D eigenvalue weighted by Gasteiger charge is 2.34. The Morgan fingerprint density at radius 2 is 1.77 bits per heavy atom. The molecule has 3 aromatic carbocycles. The summed E-state index contributed by atoms with van der Waals surface area (Å²) in [4.78, 5) is 14.3. The molecule has 1 fully saturated rings. The number of thioether (sulfide) groups is 1. The fourth-order valence-electron chi connectivity index (χ4n) is 3.31. The van der Waals surface area contributed by atoms with Crippen LogP contribution < -0.4 is 9.62 Å². The molecule has 1 aliphatic rings. The summed E-state index contributed by atoms with van der Waals surface area (Å²) in [5, 5.41) is -0.255. The molecule has 0 spiro atoms. The minimum atomic E-state index is -3.86. The molecule has 5 nitrogen and oxygen atoms in total. The van der Waals surface area contributed by atoms with Gasteiger partial charge in [-0.05, 0) is 66.6 Å². The van der Waals surface area contributed by atoms with E-state index in [0.29, 0.717) is 11.4 Å². The minimum absolute atomic E-state index is 0.00731. The summed E-state index contributed by atoms with van der Waals surface area (Å²) in [7, 11) is -3.86. The number of hydrogen-bond acceptors (Lipinski definition) is 4. The first-order valence-electron chi connectivity index (χ1n) is 9.22. The third-order valence-electron chi connectivity index (χ3n) is 4.70. The molecule has 1 atom stereocenters. The van der Waals surface area contributed by atoms with Crippen molar-refractivity contribution in [1.29, 1.82) is 0 Å². The van der Waals surface area contributed by atoms with Gasteiger partial charge >= 0.3 is 0 Å². The van der Waals surface area contributed by atoms with Crippen molar-refractivity contribution < 1.29 is 17.6 Å². The van der Waals surface area contributed by atoms with Crippen LogP contribution >= 0.6 is 11.8 Å². The van der Waals surface area contributed by atoms with Crippen molar-refractivity contribution in [3.8, 4) is 0 Å². The summed E-state index contributed by atoms with van der Waals surface area (Å²) in [5.74, 6) is -0.146. The van der Waals surface area contributed by atoms with Crippen LogP contribution in [0.5, 0.6) is 0 Å². The van der Waals surface area contributed by atoms with Crippen molar-refractivity contribution in [2.75, 3.05) is 15.4 Å². The van der Waals surface area contributed by atoms with Gasteiger partial charge in [0.15, 0.2) is 0 Å². The van der Waals surface area contributed by atoms with E-state index in [4.69, 9.17) is 0 Å². The van der Waals surface area contributed by atoms with Crippen LogP contribution in [0.25, 0.3) is 0 Å². The summed E-state index contributed by atoms with van der Waals surface area (Å²) < 4.78 is 40.9. The molecule has 0 aromatic heterocycles. The lowest BCUT2D eigenvalue weighted by molar-refractivity contribution is -0.115. The van der Waals surface area contributed by atoms with Gasteiger partial charge in [-0.3, -0.25) is 14.4 Å². The number of nitrogens with one attached hydrogen (secondary N) is 1. The summed E-state index contributed by atoms with van der Waals surface area (Å²) in [6, 6.07) is 19.3. The predicted molar refractivity (Wildman–Crippen MR) is 118 cm³/mol. The molecule has 30 heavy (non-hydrogen) atoms. The van der Waals surface area contributed by atoms with Crippen LogP contribution in [0, 0.1) is 12.7 Å². The number of halogens is 1. The van der Waals surface area contributed by atoms with Gasteiger partial charge in [-0.25, -0.2) is 12.8 Å². The van der Waals surface area contributed by atoms with Crippen molar-refractivity contribution in [2.45, 2.75) is 17.2 Å². The maximum Gasteiger partial charge on any atom is 0.261 e. The molecule has 1 saturated heterocycles. The van der Waals surface area contributed by atoms with E-state index in [1.54, 1.807) is 23.1 Å². The zero-order chi connectivity index (χ0) is 21.3. The van der Waals surface area contributed by atoms with E-state index in [2.05, 4.69) is 4.72 Å². The topological polar surface area (TPSA) is 66.5 Å². The van der Waals surface area contributed by atoms with Crippen LogP contribution in [0.2, 0.25) is 0 Å². The summed E-state index contributed by atoms with van der Waals surface area (Å²) in [5.41, 5.74) is 3.05. The van der Waals surface area contributed by atoms with Crippen molar-refractivity contribution in [3.63, 3.8) is 0 Å². The molecule has 1 amide bonds. The van der Waals surface area contributed by atoms with E-state index < -0.39 is 15.8 Å². The van der Waals surface area contributed by atoms with Crippen LogP contribution in [-0.4, -0.2) is 20.1 Å². The number of aryl methyl sites for hydroxylation is 1. The number of sulfonamides is 1. The highest BCUT2D eigenvalue weighted by Crippen LogP contribution is 2.42. The first-order valence-corrected chi connectivity index (χ1v) is 11.8. The van der Waals surface area contributed by atoms with E-state index in [0.717, 1.165) is 28.9 Å². The van der Waals surface area contributed by atoms with Crippen molar-refractivity contribution in [3.05, 3.63) is 89.7 Å². The number of hydrogen-bond donors (Lipinski definition) is 1. The van der Waals surface area contributed by atoms with Gasteiger partial charge in [-0.2, -0.15) is 0 Å². The number of rotatable bonds is 5. The Morgan fingerprint density at radius 3 is 2.50 bits per heavy atom.